The fourth-order valence-corrected chi connectivity index (χ4v) is 3.82. The molecule has 0 aliphatic rings. The van der Waals surface area contributed by atoms with Gasteiger partial charge in [-0.3, -0.25) is 0 Å². The quantitative estimate of drug-likeness (QED) is 0.711. The van der Waals surface area contributed by atoms with Gasteiger partial charge in [0.05, 0.1) is 13.2 Å². The second-order valence-electron chi connectivity index (χ2n) is 3.91. The molecule has 0 heterocycles. The summed E-state index contributed by atoms with van der Waals surface area (Å²) in [6, 6.07) is 2.43. The van der Waals surface area contributed by atoms with Crippen LogP contribution in [0.5, 0.6) is 0 Å². The van der Waals surface area contributed by atoms with Crippen LogP contribution in [-0.2, 0) is 16.6 Å². The van der Waals surface area contributed by atoms with Gasteiger partial charge in [-0.15, -0.1) is 6.58 Å². The first kappa shape index (κ1) is 17.3. The van der Waals surface area contributed by atoms with Crippen LogP contribution in [0.4, 0.5) is 4.39 Å². The van der Waals surface area contributed by atoms with Gasteiger partial charge >= 0.3 is 0 Å². The van der Waals surface area contributed by atoms with Crippen molar-refractivity contribution in [3.63, 3.8) is 0 Å². The van der Waals surface area contributed by atoms with Crippen LogP contribution in [-0.4, -0.2) is 42.6 Å². The lowest BCUT2D eigenvalue weighted by Gasteiger charge is -2.20. The topological polar surface area (TPSA) is 77.8 Å². The number of rotatable bonds is 7. The zero-order chi connectivity index (χ0) is 15.3. The van der Waals surface area contributed by atoms with Crippen molar-refractivity contribution in [3.05, 3.63) is 40.6 Å². The van der Waals surface area contributed by atoms with Crippen LogP contribution in [0.15, 0.2) is 34.2 Å². The monoisotopic (exact) mass is 367 g/mol. The van der Waals surface area contributed by atoms with Crippen molar-refractivity contribution in [2.24, 2.45) is 0 Å². The molecule has 1 rings (SSSR count). The van der Waals surface area contributed by atoms with Gasteiger partial charge in [0.2, 0.25) is 10.0 Å². The van der Waals surface area contributed by atoms with Gasteiger partial charge in [-0.25, -0.2) is 12.8 Å². The first-order chi connectivity index (χ1) is 9.38. The number of hydrogen-bond acceptors (Lipinski definition) is 4. The van der Waals surface area contributed by atoms with Gasteiger partial charge in [0.1, 0.15) is 10.7 Å². The molecule has 0 atom stereocenters. The van der Waals surface area contributed by atoms with E-state index in [2.05, 4.69) is 22.5 Å². The zero-order valence-corrected chi connectivity index (χ0v) is 13.0. The van der Waals surface area contributed by atoms with Crippen LogP contribution < -0.4 is 0 Å². The number of sulfonamides is 1. The third-order valence-corrected chi connectivity index (χ3v) is 4.87. The molecular weight excluding hydrogens is 353 g/mol. The van der Waals surface area contributed by atoms with E-state index < -0.39 is 33.9 Å². The fourth-order valence-electron chi connectivity index (χ4n) is 1.63. The highest BCUT2D eigenvalue weighted by atomic mass is 79.9. The van der Waals surface area contributed by atoms with Crippen LogP contribution in [0, 0.1) is 5.82 Å². The largest absolute Gasteiger partial charge is 0.395 e. The van der Waals surface area contributed by atoms with Crippen molar-refractivity contribution in [1.29, 1.82) is 0 Å². The first-order valence-corrected chi connectivity index (χ1v) is 7.92. The summed E-state index contributed by atoms with van der Waals surface area (Å²) in [6.45, 7) is 2.20. The Labute approximate surface area is 125 Å². The maximum Gasteiger partial charge on any atom is 0.246 e. The summed E-state index contributed by atoms with van der Waals surface area (Å²) in [6.07, 6.45) is 1.34. The molecule has 0 amide bonds. The Morgan fingerprint density at radius 1 is 1.40 bits per heavy atom. The lowest BCUT2D eigenvalue weighted by molar-refractivity contribution is 0.259. The van der Waals surface area contributed by atoms with E-state index in [4.69, 9.17) is 10.2 Å². The summed E-state index contributed by atoms with van der Waals surface area (Å²) in [5.41, 5.74) is -0.125. The van der Waals surface area contributed by atoms with Crippen LogP contribution in [0.25, 0.3) is 0 Å². The minimum atomic E-state index is -4.13. The molecule has 112 valence electrons. The van der Waals surface area contributed by atoms with E-state index in [-0.39, 0.29) is 18.7 Å². The number of halogens is 2. The van der Waals surface area contributed by atoms with Gasteiger partial charge < -0.3 is 10.2 Å². The Balaban J connectivity index is 3.40. The predicted octanol–water partition coefficient (Wildman–Crippen LogP) is 1.25. The van der Waals surface area contributed by atoms with Gasteiger partial charge in [-0.05, 0) is 12.1 Å². The molecule has 0 saturated carbocycles. The number of aliphatic hydroxyl groups excluding tert-OH is 2. The molecule has 1 aromatic carbocycles. The van der Waals surface area contributed by atoms with Crippen molar-refractivity contribution in [2.75, 3.05) is 19.7 Å². The first-order valence-electron chi connectivity index (χ1n) is 5.69. The van der Waals surface area contributed by atoms with E-state index in [9.17, 15) is 12.8 Å². The van der Waals surface area contributed by atoms with Crippen molar-refractivity contribution >= 4 is 26.0 Å². The molecule has 0 bridgehead atoms. The van der Waals surface area contributed by atoms with E-state index in [1.165, 1.54) is 12.1 Å². The molecule has 20 heavy (non-hydrogen) atoms. The SMILES string of the molecule is C=CCN(CCO)S(=O)(=O)c1cc(Br)cc(CO)c1F. The molecule has 0 fully saturated rings. The van der Waals surface area contributed by atoms with E-state index in [1.807, 2.05) is 0 Å². The van der Waals surface area contributed by atoms with Crippen LogP contribution in [0.2, 0.25) is 0 Å². The van der Waals surface area contributed by atoms with Gasteiger partial charge in [0.15, 0.2) is 0 Å². The van der Waals surface area contributed by atoms with Gasteiger partial charge in [-0.2, -0.15) is 4.31 Å². The van der Waals surface area contributed by atoms with Gasteiger partial charge in [-0.1, -0.05) is 22.0 Å². The molecule has 0 aliphatic carbocycles. The zero-order valence-electron chi connectivity index (χ0n) is 10.6. The van der Waals surface area contributed by atoms with E-state index in [0.717, 1.165) is 10.4 Å². The van der Waals surface area contributed by atoms with Crippen LogP contribution in [0.3, 0.4) is 0 Å². The molecule has 0 unspecified atom stereocenters. The molecule has 0 aromatic heterocycles. The van der Waals surface area contributed by atoms with Gasteiger partial charge in [0, 0.05) is 23.1 Å². The molecule has 0 saturated heterocycles. The maximum absolute atomic E-state index is 14.1. The normalized spacial score (nSPS) is 11.8. The molecule has 0 aliphatic heterocycles. The minimum absolute atomic E-state index is 0.0523. The summed E-state index contributed by atoms with van der Waals surface area (Å²) in [4.78, 5) is -0.550. The number of nitrogens with zero attached hydrogens (tertiary/aromatic N) is 1. The average molecular weight is 368 g/mol. The summed E-state index contributed by atoms with van der Waals surface area (Å²) in [7, 11) is -4.13. The molecular formula is C12H15BrFNO4S. The van der Waals surface area contributed by atoms with E-state index in [1.54, 1.807) is 0 Å². The molecule has 2 N–H and O–H groups in total. The van der Waals surface area contributed by atoms with E-state index >= 15 is 0 Å². The molecule has 0 spiro atoms. The summed E-state index contributed by atoms with van der Waals surface area (Å²) in [5.74, 6) is -0.997. The Hall–Kier alpha value is -0.800. The Morgan fingerprint density at radius 2 is 2.05 bits per heavy atom. The lowest BCUT2D eigenvalue weighted by atomic mass is 10.2. The maximum atomic E-state index is 14.1. The van der Waals surface area contributed by atoms with Crippen molar-refractivity contribution < 1.29 is 23.0 Å². The standard InChI is InChI=1S/C12H15BrFNO4S/c1-2-3-15(4-5-16)20(18,19)11-7-10(13)6-9(8-17)12(11)14/h2,6-7,16-17H,1,3-5,8H2. The average Bonchev–Trinajstić information content (AvgIpc) is 2.40. The molecule has 8 heteroatoms. The molecule has 1 aromatic rings. The van der Waals surface area contributed by atoms with Crippen molar-refractivity contribution in [2.45, 2.75) is 11.5 Å². The highest BCUT2D eigenvalue weighted by Gasteiger charge is 2.28. The van der Waals surface area contributed by atoms with E-state index in [0.29, 0.717) is 4.47 Å². The number of hydrogen-bond donors (Lipinski definition) is 2. The summed E-state index contributed by atoms with van der Waals surface area (Å²) >= 11 is 3.08. The highest BCUT2D eigenvalue weighted by Crippen LogP contribution is 2.26. The fraction of sp³-hybridized carbons (Fsp3) is 0.333. The second kappa shape index (κ2) is 7.28. The second-order valence-corrected chi connectivity index (χ2v) is 6.73. The Kier molecular flexibility index (Phi) is 6.28. The summed E-state index contributed by atoms with van der Waals surface area (Å²) < 4.78 is 40.1. The predicted molar refractivity (Wildman–Crippen MR) is 76.1 cm³/mol. The minimum Gasteiger partial charge on any atom is -0.395 e. The molecule has 0 radical (unpaired) electrons. The van der Waals surface area contributed by atoms with Crippen molar-refractivity contribution in [3.8, 4) is 0 Å². The van der Waals surface area contributed by atoms with Gasteiger partial charge in [0.25, 0.3) is 0 Å². The highest BCUT2D eigenvalue weighted by molar-refractivity contribution is 9.10. The third kappa shape index (κ3) is 3.64. The lowest BCUT2D eigenvalue weighted by Crippen LogP contribution is -2.34. The van der Waals surface area contributed by atoms with Crippen LogP contribution in [0.1, 0.15) is 5.56 Å². The number of benzene rings is 1. The van der Waals surface area contributed by atoms with Crippen molar-refractivity contribution in [1.82, 2.24) is 4.31 Å². The number of aliphatic hydroxyl groups is 2. The third-order valence-electron chi connectivity index (χ3n) is 2.55. The smallest absolute Gasteiger partial charge is 0.246 e. The Morgan fingerprint density at radius 3 is 2.55 bits per heavy atom. The molecule has 5 nitrogen and oxygen atoms in total. The Bertz CT molecular complexity index is 591. The van der Waals surface area contributed by atoms with Crippen LogP contribution >= 0.6 is 15.9 Å². The summed E-state index contributed by atoms with van der Waals surface area (Å²) in [5, 5.41) is 18.0.